The molecule has 0 radical (unpaired) electrons. The molecule has 0 aliphatic carbocycles. The van der Waals surface area contributed by atoms with Gasteiger partial charge in [0.05, 0.1) is 16.5 Å². The minimum Gasteiger partial charge on any atom is -0.354 e. The highest BCUT2D eigenvalue weighted by atomic mass is 35.5. The van der Waals surface area contributed by atoms with Gasteiger partial charge in [-0.05, 0) is 42.5 Å². The third-order valence-electron chi connectivity index (χ3n) is 4.85. The van der Waals surface area contributed by atoms with Crippen LogP contribution in [-0.4, -0.2) is 29.3 Å². The van der Waals surface area contributed by atoms with Gasteiger partial charge >= 0.3 is 0 Å². The van der Waals surface area contributed by atoms with Crippen molar-refractivity contribution in [2.75, 3.05) is 6.54 Å². The lowest BCUT2D eigenvalue weighted by Gasteiger charge is -2.31. The third kappa shape index (κ3) is 7.03. The Kier molecular flexibility index (Phi) is 9.19. The minimum absolute atomic E-state index is 0.0989. The molecule has 4 nitrogen and oxygen atoms in total. The lowest BCUT2D eigenvalue weighted by Crippen LogP contribution is -2.50. The average Bonchev–Trinajstić information content (AvgIpc) is 2.68. The molecule has 2 aromatic carbocycles. The van der Waals surface area contributed by atoms with Gasteiger partial charge in [-0.3, -0.25) is 9.59 Å². The fourth-order valence-electron chi connectivity index (χ4n) is 3.27. The van der Waals surface area contributed by atoms with E-state index in [0.29, 0.717) is 28.9 Å². The Bertz CT molecular complexity index is 883. The predicted molar refractivity (Wildman–Crippen MR) is 124 cm³/mol. The van der Waals surface area contributed by atoms with E-state index in [-0.39, 0.29) is 24.8 Å². The number of nitrogens with one attached hydrogen (secondary N) is 1. The van der Waals surface area contributed by atoms with Crippen molar-refractivity contribution < 1.29 is 9.59 Å². The average molecular weight is 449 g/mol. The fourth-order valence-corrected chi connectivity index (χ4v) is 3.60. The summed E-state index contributed by atoms with van der Waals surface area (Å²) in [5, 5.41) is 3.85. The number of hydrogen-bond donors (Lipinski definition) is 1. The Balaban J connectivity index is 2.30. The molecule has 0 bridgehead atoms. The lowest BCUT2D eigenvalue weighted by molar-refractivity contribution is -0.141. The number of benzene rings is 2. The van der Waals surface area contributed by atoms with Crippen molar-refractivity contribution in [3.8, 4) is 0 Å². The van der Waals surface area contributed by atoms with Crippen molar-refractivity contribution in [3.05, 3.63) is 69.2 Å². The Morgan fingerprint density at radius 3 is 2.37 bits per heavy atom. The first-order valence-electron chi connectivity index (χ1n) is 10.3. The fraction of sp³-hybridized carbons (Fsp3) is 0.417. The van der Waals surface area contributed by atoms with E-state index in [1.54, 1.807) is 17.0 Å². The monoisotopic (exact) mass is 448 g/mol. The van der Waals surface area contributed by atoms with Gasteiger partial charge in [0, 0.05) is 13.1 Å². The van der Waals surface area contributed by atoms with Crippen LogP contribution in [0, 0.1) is 12.8 Å². The predicted octanol–water partition coefficient (Wildman–Crippen LogP) is 5.42. The maximum atomic E-state index is 13.3. The topological polar surface area (TPSA) is 49.4 Å². The van der Waals surface area contributed by atoms with Crippen LogP contribution >= 0.6 is 23.2 Å². The molecule has 0 saturated carbocycles. The molecular formula is C24H30Cl2N2O2. The first-order valence-corrected chi connectivity index (χ1v) is 11.0. The van der Waals surface area contributed by atoms with Crippen LogP contribution in [0.5, 0.6) is 0 Å². The summed E-state index contributed by atoms with van der Waals surface area (Å²) in [4.78, 5) is 27.9. The largest absolute Gasteiger partial charge is 0.354 e. The molecule has 0 saturated heterocycles. The zero-order valence-electron chi connectivity index (χ0n) is 18.0. The molecule has 0 unspecified atom stereocenters. The molecule has 2 amide bonds. The molecule has 0 aliphatic rings. The van der Waals surface area contributed by atoms with Crippen LogP contribution in [0.1, 0.15) is 43.9 Å². The second kappa shape index (κ2) is 11.4. The van der Waals surface area contributed by atoms with Gasteiger partial charge in [0.15, 0.2) is 0 Å². The van der Waals surface area contributed by atoms with E-state index >= 15 is 0 Å². The molecule has 30 heavy (non-hydrogen) atoms. The van der Waals surface area contributed by atoms with E-state index in [1.807, 2.05) is 58.0 Å². The minimum atomic E-state index is -0.560. The van der Waals surface area contributed by atoms with Crippen LogP contribution in [0.3, 0.4) is 0 Å². The summed E-state index contributed by atoms with van der Waals surface area (Å²) in [6.45, 7) is 8.85. The van der Waals surface area contributed by atoms with Crippen LogP contribution in [0.15, 0.2) is 42.5 Å². The molecule has 1 N–H and O–H groups in total. The molecule has 0 aromatic heterocycles. The second-order valence-corrected chi connectivity index (χ2v) is 8.81. The number of carbonyl (C=O) groups excluding carboxylic acids is 2. The number of aryl methyl sites for hydroxylation is 1. The molecule has 0 fully saturated rings. The molecule has 1 atom stereocenters. The molecule has 6 heteroatoms. The van der Waals surface area contributed by atoms with Gasteiger partial charge < -0.3 is 10.2 Å². The Labute approximate surface area is 189 Å². The van der Waals surface area contributed by atoms with Gasteiger partial charge in [-0.2, -0.15) is 0 Å². The summed E-state index contributed by atoms with van der Waals surface area (Å²) in [5.41, 5.74) is 2.85. The number of nitrogens with zero attached hydrogens (tertiary/aromatic N) is 1. The van der Waals surface area contributed by atoms with E-state index in [9.17, 15) is 9.59 Å². The van der Waals surface area contributed by atoms with E-state index in [4.69, 9.17) is 23.2 Å². The maximum Gasteiger partial charge on any atom is 0.242 e. The number of halogens is 2. The summed E-state index contributed by atoms with van der Waals surface area (Å²) >= 11 is 12.2. The molecule has 2 aromatic rings. The van der Waals surface area contributed by atoms with Crippen LogP contribution in [0.25, 0.3) is 0 Å². The van der Waals surface area contributed by atoms with Crippen molar-refractivity contribution in [3.63, 3.8) is 0 Å². The van der Waals surface area contributed by atoms with Crippen molar-refractivity contribution in [1.29, 1.82) is 0 Å². The Morgan fingerprint density at radius 2 is 1.77 bits per heavy atom. The highest BCUT2D eigenvalue weighted by Gasteiger charge is 2.28. The molecule has 2 rings (SSSR count). The Hall–Kier alpha value is -2.04. The standard InChI is InChI=1S/C24H30Cl2N2O2/c1-5-22(24(30)27-14-16(2)3)28(15-19-9-10-20(25)21(26)12-19)23(29)13-18-8-6-7-17(4)11-18/h6-12,16,22H,5,13-15H2,1-4H3,(H,27,30)/t22-/m0/s1. The van der Waals surface area contributed by atoms with Crippen LogP contribution in [0.4, 0.5) is 0 Å². The quantitative estimate of drug-likeness (QED) is 0.556. The maximum absolute atomic E-state index is 13.3. The molecule has 0 heterocycles. The Morgan fingerprint density at radius 1 is 1.03 bits per heavy atom. The zero-order valence-corrected chi connectivity index (χ0v) is 19.6. The van der Waals surface area contributed by atoms with Crippen molar-refractivity contribution in [2.45, 2.75) is 53.1 Å². The van der Waals surface area contributed by atoms with Gasteiger partial charge in [0.25, 0.3) is 0 Å². The number of amides is 2. The summed E-state index contributed by atoms with van der Waals surface area (Å²) in [6, 6.07) is 12.6. The van der Waals surface area contributed by atoms with Gasteiger partial charge in [0.1, 0.15) is 6.04 Å². The van der Waals surface area contributed by atoms with E-state index in [1.165, 1.54) is 0 Å². The number of carbonyl (C=O) groups is 2. The SMILES string of the molecule is CC[C@@H](C(=O)NCC(C)C)N(Cc1ccc(Cl)c(Cl)c1)C(=O)Cc1cccc(C)c1. The van der Waals surface area contributed by atoms with Crippen molar-refractivity contribution in [2.24, 2.45) is 5.92 Å². The van der Waals surface area contributed by atoms with Crippen molar-refractivity contribution in [1.82, 2.24) is 10.2 Å². The van der Waals surface area contributed by atoms with Gasteiger partial charge in [-0.1, -0.05) is 79.9 Å². The molecular weight excluding hydrogens is 419 g/mol. The summed E-state index contributed by atoms with van der Waals surface area (Å²) in [7, 11) is 0. The summed E-state index contributed by atoms with van der Waals surface area (Å²) < 4.78 is 0. The summed E-state index contributed by atoms with van der Waals surface area (Å²) in [6.07, 6.45) is 0.752. The zero-order chi connectivity index (χ0) is 22.3. The first kappa shape index (κ1) is 24.2. The number of rotatable bonds is 9. The van der Waals surface area contributed by atoms with Crippen LogP contribution < -0.4 is 5.32 Å². The number of hydrogen-bond acceptors (Lipinski definition) is 2. The molecule has 0 spiro atoms. The van der Waals surface area contributed by atoms with E-state index in [2.05, 4.69) is 5.32 Å². The molecule has 162 valence electrons. The smallest absolute Gasteiger partial charge is 0.242 e. The summed E-state index contributed by atoms with van der Waals surface area (Å²) in [5.74, 6) is 0.0973. The highest BCUT2D eigenvalue weighted by molar-refractivity contribution is 6.42. The highest BCUT2D eigenvalue weighted by Crippen LogP contribution is 2.24. The van der Waals surface area contributed by atoms with Crippen LogP contribution in [0.2, 0.25) is 10.0 Å². The van der Waals surface area contributed by atoms with Gasteiger partial charge in [0.2, 0.25) is 11.8 Å². The second-order valence-electron chi connectivity index (χ2n) is 8.00. The van der Waals surface area contributed by atoms with Crippen LogP contribution in [-0.2, 0) is 22.6 Å². The normalized spacial score (nSPS) is 12.0. The van der Waals surface area contributed by atoms with Gasteiger partial charge in [-0.25, -0.2) is 0 Å². The molecule has 0 aliphatic heterocycles. The van der Waals surface area contributed by atoms with E-state index in [0.717, 1.165) is 16.7 Å². The van der Waals surface area contributed by atoms with Crippen molar-refractivity contribution >= 4 is 35.0 Å². The van der Waals surface area contributed by atoms with Gasteiger partial charge in [-0.15, -0.1) is 0 Å². The van der Waals surface area contributed by atoms with E-state index < -0.39 is 6.04 Å². The first-order chi connectivity index (χ1) is 14.2. The lowest BCUT2D eigenvalue weighted by atomic mass is 10.0. The third-order valence-corrected chi connectivity index (χ3v) is 5.58.